The highest BCUT2D eigenvalue weighted by atomic mass is 79.9. The molecule has 1 N–H and O–H groups in total. The topological polar surface area (TPSA) is 46.5 Å². The molecule has 0 heterocycles. The van der Waals surface area contributed by atoms with Gasteiger partial charge in [0.2, 0.25) is 0 Å². The van der Waals surface area contributed by atoms with E-state index in [0.29, 0.717) is 5.92 Å². The largest absolute Gasteiger partial charge is 0.496 e. The van der Waals surface area contributed by atoms with Crippen molar-refractivity contribution in [3.63, 3.8) is 0 Å². The van der Waals surface area contributed by atoms with Gasteiger partial charge < -0.3 is 9.84 Å². The highest BCUT2D eigenvalue weighted by molar-refractivity contribution is 9.10. The molecule has 0 radical (unpaired) electrons. The number of rotatable bonds is 5. The number of carboxylic acids is 1. The molecule has 0 aliphatic heterocycles. The first-order valence-electron chi connectivity index (χ1n) is 6.08. The maximum absolute atomic E-state index is 11.0. The van der Waals surface area contributed by atoms with Crippen molar-refractivity contribution >= 4 is 21.9 Å². The zero-order valence-electron chi connectivity index (χ0n) is 10.6. The summed E-state index contributed by atoms with van der Waals surface area (Å²) in [5.41, 5.74) is 2.11. The van der Waals surface area contributed by atoms with E-state index in [1.807, 2.05) is 19.1 Å². The van der Waals surface area contributed by atoms with Gasteiger partial charge in [0.15, 0.2) is 0 Å². The number of halogens is 1. The summed E-state index contributed by atoms with van der Waals surface area (Å²) in [7, 11) is 1.64. The first kappa shape index (κ1) is 13.4. The maximum Gasteiger partial charge on any atom is 0.303 e. The van der Waals surface area contributed by atoms with Crippen LogP contribution in [0.2, 0.25) is 0 Å². The molecule has 1 saturated carbocycles. The van der Waals surface area contributed by atoms with Crippen molar-refractivity contribution in [1.29, 1.82) is 0 Å². The number of hydrogen-bond donors (Lipinski definition) is 1. The molecule has 1 unspecified atom stereocenters. The van der Waals surface area contributed by atoms with Crippen molar-refractivity contribution in [2.45, 2.75) is 32.1 Å². The lowest BCUT2D eigenvalue weighted by Crippen LogP contribution is -2.09. The lowest BCUT2D eigenvalue weighted by atomic mass is 9.90. The second kappa shape index (κ2) is 5.31. The fourth-order valence-electron chi connectivity index (χ4n) is 2.39. The van der Waals surface area contributed by atoms with Gasteiger partial charge in [0, 0.05) is 4.47 Å². The summed E-state index contributed by atoms with van der Waals surface area (Å²) < 4.78 is 6.31. The number of benzene rings is 1. The molecule has 1 aromatic rings. The predicted molar refractivity (Wildman–Crippen MR) is 73.1 cm³/mol. The summed E-state index contributed by atoms with van der Waals surface area (Å²) in [4.78, 5) is 11.0. The van der Waals surface area contributed by atoms with Crippen LogP contribution in [0.3, 0.4) is 0 Å². The Bertz CT molecular complexity index is 466. The van der Waals surface area contributed by atoms with Crippen molar-refractivity contribution in [2.75, 3.05) is 7.11 Å². The molecule has 1 aromatic carbocycles. The fourth-order valence-corrected chi connectivity index (χ4v) is 3.14. The van der Waals surface area contributed by atoms with Crippen LogP contribution in [0.4, 0.5) is 0 Å². The molecule has 1 aliphatic carbocycles. The number of hydrogen-bond acceptors (Lipinski definition) is 2. The van der Waals surface area contributed by atoms with E-state index in [4.69, 9.17) is 9.84 Å². The van der Waals surface area contributed by atoms with Crippen LogP contribution >= 0.6 is 15.9 Å². The summed E-state index contributed by atoms with van der Waals surface area (Å²) in [6.07, 6.45) is 2.44. The zero-order valence-corrected chi connectivity index (χ0v) is 12.2. The Morgan fingerprint density at radius 1 is 1.56 bits per heavy atom. The number of ether oxygens (including phenoxy) is 1. The van der Waals surface area contributed by atoms with Crippen LogP contribution in [0.15, 0.2) is 16.6 Å². The Labute approximate surface area is 115 Å². The molecule has 3 nitrogen and oxygen atoms in total. The molecule has 1 atom stereocenters. The second-order valence-electron chi connectivity index (χ2n) is 4.89. The van der Waals surface area contributed by atoms with Crippen molar-refractivity contribution in [3.05, 3.63) is 27.7 Å². The van der Waals surface area contributed by atoms with E-state index in [9.17, 15) is 4.79 Å². The van der Waals surface area contributed by atoms with Crippen LogP contribution in [0.1, 0.15) is 36.3 Å². The van der Waals surface area contributed by atoms with Gasteiger partial charge >= 0.3 is 5.97 Å². The van der Waals surface area contributed by atoms with Crippen LogP contribution in [-0.4, -0.2) is 18.2 Å². The van der Waals surface area contributed by atoms with E-state index < -0.39 is 5.97 Å². The summed E-state index contributed by atoms with van der Waals surface area (Å²) in [6, 6.07) is 3.98. The van der Waals surface area contributed by atoms with Gasteiger partial charge in [-0.3, -0.25) is 4.79 Å². The van der Waals surface area contributed by atoms with E-state index in [1.165, 1.54) is 0 Å². The summed E-state index contributed by atoms with van der Waals surface area (Å²) in [5.74, 6) is 0.679. The fraction of sp³-hybridized carbons (Fsp3) is 0.500. The smallest absolute Gasteiger partial charge is 0.303 e. The average molecular weight is 313 g/mol. The molecule has 98 valence electrons. The van der Waals surface area contributed by atoms with Gasteiger partial charge in [0.05, 0.1) is 13.5 Å². The van der Waals surface area contributed by atoms with Gasteiger partial charge in [-0.25, -0.2) is 0 Å². The SMILES string of the molecule is COc1cc(C(CC(=O)O)C2CC2)c(Br)cc1C. The van der Waals surface area contributed by atoms with E-state index in [-0.39, 0.29) is 12.3 Å². The van der Waals surface area contributed by atoms with Gasteiger partial charge in [-0.1, -0.05) is 15.9 Å². The predicted octanol–water partition coefficient (Wildman–Crippen LogP) is 3.73. The summed E-state index contributed by atoms with van der Waals surface area (Å²) in [6.45, 7) is 1.98. The van der Waals surface area contributed by atoms with E-state index in [2.05, 4.69) is 15.9 Å². The Kier molecular flexibility index (Phi) is 3.95. The van der Waals surface area contributed by atoms with Gasteiger partial charge in [0.1, 0.15) is 5.75 Å². The van der Waals surface area contributed by atoms with Gasteiger partial charge in [-0.15, -0.1) is 0 Å². The molecule has 0 bridgehead atoms. The number of carbonyl (C=O) groups is 1. The van der Waals surface area contributed by atoms with Crippen LogP contribution < -0.4 is 4.74 Å². The van der Waals surface area contributed by atoms with Gasteiger partial charge in [-0.2, -0.15) is 0 Å². The van der Waals surface area contributed by atoms with Crippen molar-refractivity contribution in [2.24, 2.45) is 5.92 Å². The first-order chi connectivity index (χ1) is 8.52. The van der Waals surface area contributed by atoms with Gasteiger partial charge in [-0.05, 0) is 54.9 Å². The molecule has 18 heavy (non-hydrogen) atoms. The normalized spacial score (nSPS) is 16.4. The molecular weight excluding hydrogens is 296 g/mol. The molecule has 0 aromatic heterocycles. The Morgan fingerprint density at radius 2 is 2.22 bits per heavy atom. The van der Waals surface area contributed by atoms with Crippen molar-refractivity contribution in [3.8, 4) is 5.75 Å². The third kappa shape index (κ3) is 2.86. The Hall–Kier alpha value is -1.03. The number of methoxy groups -OCH3 is 1. The van der Waals surface area contributed by atoms with Crippen LogP contribution in [-0.2, 0) is 4.79 Å². The zero-order chi connectivity index (χ0) is 13.3. The summed E-state index contributed by atoms with van der Waals surface area (Å²) >= 11 is 3.55. The van der Waals surface area contributed by atoms with Crippen molar-refractivity contribution in [1.82, 2.24) is 0 Å². The van der Waals surface area contributed by atoms with E-state index in [0.717, 1.165) is 34.2 Å². The molecule has 0 spiro atoms. The quantitative estimate of drug-likeness (QED) is 0.901. The molecule has 2 rings (SSSR count). The molecule has 1 aliphatic rings. The minimum Gasteiger partial charge on any atom is -0.496 e. The third-order valence-corrected chi connectivity index (χ3v) is 4.19. The molecule has 0 amide bonds. The molecule has 4 heteroatoms. The number of aliphatic carboxylic acids is 1. The minimum atomic E-state index is -0.738. The summed E-state index contributed by atoms with van der Waals surface area (Å²) in [5, 5.41) is 9.05. The Balaban J connectivity index is 2.37. The molecule has 0 saturated heterocycles. The molecular formula is C14H17BrO3. The van der Waals surface area contributed by atoms with Gasteiger partial charge in [0.25, 0.3) is 0 Å². The van der Waals surface area contributed by atoms with E-state index in [1.54, 1.807) is 7.11 Å². The third-order valence-electron chi connectivity index (χ3n) is 3.50. The lowest BCUT2D eigenvalue weighted by molar-refractivity contribution is -0.137. The second-order valence-corrected chi connectivity index (χ2v) is 5.74. The van der Waals surface area contributed by atoms with Crippen LogP contribution in [0.25, 0.3) is 0 Å². The molecule has 1 fully saturated rings. The standard InChI is InChI=1S/C14H17BrO3/c1-8-5-12(15)11(6-13(8)18-2)10(7-14(16)17)9-3-4-9/h5-6,9-10H,3-4,7H2,1-2H3,(H,16,17). The first-order valence-corrected chi connectivity index (χ1v) is 6.88. The maximum atomic E-state index is 11.0. The van der Waals surface area contributed by atoms with Crippen molar-refractivity contribution < 1.29 is 14.6 Å². The van der Waals surface area contributed by atoms with Crippen LogP contribution in [0, 0.1) is 12.8 Å². The lowest BCUT2D eigenvalue weighted by Gasteiger charge is -2.18. The Morgan fingerprint density at radius 3 is 2.72 bits per heavy atom. The van der Waals surface area contributed by atoms with E-state index >= 15 is 0 Å². The average Bonchev–Trinajstić information content (AvgIpc) is 3.10. The number of carboxylic acid groups (broad SMARTS) is 1. The monoisotopic (exact) mass is 312 g/mol. The highest BCUT2D eigenvalue weighted by Crippen LogP contribution is 2.47. The minimum absolute atomic E-state index is 0.0892. The number of aryl methyl sites for hydroxylation is 1. The van der Waals surface area contributed by atoms with Crippen LogP contribution in [0.5, 0.6) is 5.75 Å². The highest BCUT2D eigenvalue weighted by Gasteiger charge is 2.35.